The predicted molar refractivity (Wildman–Crippen MR) is 108 cm³/mol. The van der Waals surface area contributed by atoms with Crippen molar-refractivity contribution in [2.75, 3.05) is 21.3 Å². The summed E-state index contributed by atoms with van der Waals surface area (Å²) >= 11 is 7.35. The molecule has 140 valence electrons. The third-order valence-corrected chi connectivity index (χ3v) is 5.21. The maximum atomic E-state index is 12.8. The average Bonchev–Trinajstić information content (AvgIpc) is 3.18. The Morgan fingerprint density at radius 2 is 1.89 bits per heavy atom. The van der Waals surface area contributed by atoms with Crippen molar-refractivity contribution in [3.05, 3.63) is 64.1 Å². The maximum Gasteiger partial charge on any atom is 0.273 e. The van der Waals surface area contributed by atoms with Gasteiger partial charge in [-0.05, 0) is 24.3 Å². The largest absolute Gasteiger partial charge is 0.497 e. The molecule has 2 aromatic carbocycles. The summed E-state index contributed by atoms with van der Waals surface area (Å²) in [5.41, 5.74) is 2.24. The fraction of sp³-hybridized carbons (Fsp3) is 0.200. The van der Waals surface area contributed by atoms with Gasteiger partial charge in [0.1, 0.15) is 22.2 Å². The van der Waals surface area contributed by atoms with Crippen molar-refractivity contribution in [2.45, 2.75) is 6.54 Å². The Kier molecular flexibility index (Phi) is 5.98. The number of rotatable bonds is 6. The number of halogens is 1. The summed E-state index contributed by atoms with van der Waals surface area (Å²) in [5, 5.41) is 3.22. The summed E-state index contributed by atoms with van der Waals surface area (Å²) in [4.78, 5) is 18.8. The van der Waals surface area contributed by atoms with Crippen molar-refractivity contribution in [3.63, 3.8) is 0 Å². The quantitative estimate of drug-likeness (QED) is 0.596. The number of methoxy groups -OCH3 is 2. The number of amides is 1. The molecular weight excluding hydrogens is 384 g/mol. The van der Waals surface area contributed by atoms with E-state index >= 15 is 0 Å². The molecule has 5 nitrogen and oxygen atoms in total. The first-order chi connectivity index (χ1) is 13.0. The summed E-state index contributed by atoms with van der Waals surface area (Å²) in [7, 11) is 4.94. The van der Waals surface area contributed by atoms with Gasteiger partial charge in [-0.3, -0.25) is 4.79 Å². The van der Waals surface area contributed by atoms with E-state index in [9.17, 15) is 4.79 Å². The van der Waals surface area contributed by atoms with Gasteiger partial charge in [-0.1, -0.05) is 23.7 Å². The Hall–Kier alpha value is -2.57. The number of hydrogen-bond donors (Lipinski definition) is 0. The predicted octanol–water partition coefficient (Wildman–Crippen LogP) is 4.75. The number of thiazole rings is 1. The molecule has 3 aromatic rings. The highest BCUT2D eigenvalue weighted by molar-refractivity contribution is 7.13. The molecule has 7 heteroatoms. The molecule has 0 unspecified atom stereocenters. The molecule has 27 heavy (non-hydrogen) atoms. The van der Waals surface area contributed by atoms with Gasteiger partial charge in [-0.15, -0.1) is 11.3 Å². The third kappa shape index (κ3) is 4.40. The Morgan fingerprint density at radius 3 is 2.56 bits per heavy atom. The van der Waals surface area contributed by atoms with Crippen LogP contribution in [-0.4, -0.2) is 37.1 Å². The van der Waals surface area contributed by atoms with Crippen LogP contribution in [0.4, 0.5) is 0 Å². The highest BCUT2D eigenvalue weighted by Crippen LogP contribution is 2.27. The lowest BCUT2D eigenvalue weighted by atomic mass is 10.1. The Labute approximate surface area is 167 Å². The van der Waals surface area contributed by atoms with Crippen molar-refractivity contribution in [3.8, 4) is 22.1 Å². The molecule has 0 radical (unpaired) electrons. The van der Waals surface area contributed by atoms with E-state index in [1.807, 2.05) is 36.4 Å². The van der Waals surface area contributed by atoms with E-state index in [0.29, 0.717) is 28.8 Å². The normalized spacial score (nSPS) is 10.5. The number of carbonyl (C=O) groups excluding carboxylic acids is 1. The SMILES string of the molecule is COc1ccc(CN(C)C(=O)c2csc(-c3ccc(Cl)cc3)n2)c(OC)c1. The lowest BCUT2D eigenvalue weighted by Gasteiger charge is -2.18. The lowest BCUT2D eigenvalue weighted by molar-refractivity contribution is 0.0779. The number of aromatic nitrogens is 1. The van der Waals surface area contributed by atoms with Gasteiger partial charge in [0.15, 0.2) is 0 Å². The van der Waals surface area contributed by atoms with Gasteiger partial charge in [-0.2, -0.15) is 0 Å². The zero-order valence-corrected chi connectivity index (χ0v) is 16.8. The fourth-order valence-corrected chi connectivity index (χ4v) is 3.53. The summed E-state index contributed by atoms with van der Waals surface area (Å²) < 4.78 is 10.6. The van der Waals surface area contributed by atoms with E-state index in [1.54, 1.807) is 37.6 Å². The monoisotopic (exact) mass is 402 g/mol. The van der Waals surface area contributed by atoms with Crippen molar-refractivity contribution < 1.29 is 14.3 Å². The van der Waals surface area contributed by atoms with Crippen molar-refractivity contribution in [1.82, 2.24) is 9.88 Å². The summed E-state index contributed by atoms with van der Waals surface area (Å²) in [6.45, 7) is 0.403. The van der Waals surface area contributed by atoms with E-state index in [-0.39, 0.29) is 5.91 Å². The van der Waals surface area contributed by atoms with Crippen LogP contribution in [0.25, 0.3) is 10.6 Å². The molecule has 1 aromatic heterocycles. The van der Waals surface area contributed by atoms with Crippen molar-refractivity contribution in [2.24, 2.45) is 0 Å². The standard InChI is InChI=1S/C20H19ClN2O3S/c1-23(11-14-6-9-16(25-2)10-18(14)26-3)20(24)17-12-27-19(22-17)13-4-7-15(21)8-5-13/h4-10,12H,11H2,1-3H3. The first-order valence-corrected chi connectivity index (χ1v) is 9.45. The fourth-order valence-electron chi connectivity index (χ4n) is 2.60. The zero-order valence-electron chi connectivity index (χ0n) is 15.2. The minimum Gasteiger partial charge on any atom is -0.497 e. The first kappa shape index (κ1) is 19.2. The van der Waals surface area contributed by atoms with Crippen LogP contribution in [0.15, 0.2) is 47.8 Å². The molecule has 3 rings (SSSR count). The van der Waals surface area contributed by atoms with Crippen molar-refractivity contribution in [1.29, 1.82) is 0 Å². The van der Waals surface area contributed by atoms with Gasteiger partial charge in [0.05, 0.1) is 14.2 Å². The molecule has 0 aliphatic carbocycles. The molecule has 0 aliphatic rings. The molecule has 0 atom stereocenters. The molecule has 1 amide bonds. The second kappa shape index (κ2) is 8.41. The summed E-state index contributed by atoms with van der Waals surface area (Å²) in [5.74, 6) is 1.23. The summed E-state index contributed by atoms with van der Waals surface area (Å²) in [6.07, 6.45) is 0. The molecule has 1 heterocycles. The number of ether oxygens (including phenoxy) is 2. The second-order valence-electron chi connectivity index (χ2n) is 5.88. The number of carbonyl (C=O) groups is 1. The van der Waals surface area contributed by atoms with E-state index in [0.717, 1.165) is 16.1 Å². The van der Waals surface area contributed by atoms with Crippen LogP contribution in [0, 0.1) is 0 Å². The van der Waals surface area contributed by atoms with Crippen LogP contribution in [0.3, 0.4) is 0 Å². The van der Waals surface area contributed by atoms with E-state index in [2.05, 4.69) is 4.98 Å². The highest BCUT2D eigenvalue weighted by Gasteiger charge is 2.18. The van der Waals surface area contributed by atoms with Gasteiger partial charge in [0.2, 0.25) is 0 Å². The van der Waals surface area contributed by atoms with Gasteiger partial charge < -0.3 is 14.4 Å². The Morgan fingerprint density at radius 1 is 1.15 bits per heavy atom. The molecule has 0 spiro atoms. The molecule has 0 fully saturated rings. The topological polar surface area (TPSA) is 51.7 Å². The van der Waals surface area contributed by atoms with Crippen LogP contribution < -0.4 is 9.47 Å². The zero-order chi connectivity index (χ0) is 19.4. The molecule has 0 saturated heterocycles. The maximum absolute atomic E-state index is 12.8. The van der Waals surface area contributed by atoms with Gasteiger partial charge in [-0.25, -0.2) is 4.98 Å². The minimum absolute atomic E-state index is 0.149. The van der Waals surface area contributed by atoms with Crippen LogP contribution in [-0.2, 0) is 6.54 Å². The van der Waals surface area contributed by atoms with Crippen LogP contribution in [0.5, 0.6) is 11.5 Å². The first-order valence-electron chi connectivity index (χ1n) is 8.19. The molecule has 0 aliphatic heterocycles. The lowest BCUT2D eigenvalue weighted by Crippen LogP contribution is -2.26. The number of nitrogens with zero attached hydrogens (tertiary/aromatic N) is 2. The van der Waals surface area contributed by atoms with Crippen LogP contribution >= 0.6 is 22.9 Å². The minimum atomic E-state index is -0.149. The molecule has 0 N–H and O–H groups in total. The van der Waals surface area contributed by atoms with Gasteiger partial charge in [0.25, 0.3) is 5.91 Å². The number of hydrogen-bond acceptors (Lipinski definition) is 5. The average molecular weight is 403 g/mol. The van der Waals surface area contributed by atoms with Gasteiger partial charge >= 0.3 is 0 Å². The highest BCUT2D eigenvalue weighted by atomic mass is 35.5. The summed E-state index contributed by atoms with van der Waals surface area (Å²) in [6, 6.07) is 12.9. The van der Waals surface area contributed by atoms with E-state index < -0.39 is 0 Å². The molecular formula is C20H19ClN2O3S. The van der Waals surface area contributed by atoms with Gasteiger partial charge in [0, 0.05) is 41.2 Å². The van der Waals surface area contributed by atoms with E-state index in [1.165, 1.54) is 11.3 Å². The van der Waals surface area contributed by atoms with Crippen LogP contribution in [0.1, 0.15) is 16.1 Å². The van der Waals surface area contributed by atoms with Crippen LogP contribution in [0.2, 0.25) is 5.02 Å². The second-order valence-corrected chi connectivity index (χ2v) is 7.18. The van der Waals surface area contributed by atoms with E-state index in [4.69, 9.17) is 21.1 Å². The number of benzene rings is 2. The third-order valence-electron chi connectivity index (χ3n) is 4.06. The molecule has 0 bridgehead atoms. The smallest absolute Gasteiger partial charge is 0.273 e. The molecule has 0 saturated carbocycles. The Bertz CT molecular complexity index is 941. The van der Waals surface area contributed by atoms with Crippen molar-refractivity contribution >= 4 is 28.8 Å². The Balaban J connectivity index is 1.75.